The van der Waals surface area contributed by atoms with Crippen molar-refractivity contribution in [3.8, 4) is 0 Å². The van der Waals surface area contributed by atoms with E-state index in [0.717, 1.165) is 44.1 Å². The summed E-state index contributed by atoms with van der Waals surface area (Å²) >= 11 is 0. The van der Waals surface area contributed by atoms with Gasteiger partial charge in [0.2, 0.25) is 0 Å². The van der Waals surface area contributed by atoms with Crippen LogP contribution in [0.4, 0.5) is 0 Å². The smallest absolute Gasteiger partial charge is 0.333 e. The molecule has 0 saturated heterocycles. The summed E-state index contributed by atoms with van der Waals surface area (Å²) in [5.41, 5.74) is 1.26. The van der Waals surface area contributed by atoms with Gasteiger partial charge in [-0.1, -0.05) is 65.5 Å². The fourth-order valence-corrected chi connectivity index (χ4v) is 5.87. The van der Waals surface area contributed by atoms with Crippen LogP contribution in [0.5, 0.6) is 0 Å². The molecule has 5 N–H and O–H groups in total. The van der Waals surface area contributed by atoms with Crippen LogP contribution in [0.15, 0.2) is 23.3 Å². The van der Waals surface area contributed by atoms with Gasteiger partial charge in [-0.2, -0.15) is 0 Å². The van der Waals surface area contributed by atoms with E-state index in [1.165, 1.54) is 0 Å². The van der Waals surface area contributed by atoms with E-state index in [9.17, 15) is 30.0 Å². The van der Waals surface area contributed by atoms with Gasteiger partial charge in [0.15, 0.2) is 0 Å². The molecule has 0 bridgehead atoms. The summed E-state index contributed by atoms with van der Waals surface area (Å²) < 4.78 is 6.11. The predicted molar refractivity (Wildman–Crippen MR) is 166 cm³/mol. The number of ether oxygens (including phenoxy) is 1. The SMILES string of the molecule is CC1=CCC(O)C(C)C(O)CC(O)C(C)=CC(C)CCCC(C)C(C(C)CCCCC(O)CCCCC(=O)O)OC1=O. The van der Waals surface area contributed by atoms with Crippen molar-refractivity contribution in [2.75, 3.05) is 0 Å². The summed E-state index contributed by atoms with van der Waals surface area (Å²) in [5.74, 6) is -1.13. The molecule has 0 amide bonds. The molecule has 42 heavy (non-hydrogen) atoms. The van der Waals surface area contributed by atoms with E-state index in [1.54, 1.807) is 19.9 Å². The molecule has 244 valence electrons. The molecule has 0 spiro atoms. The zero-order valence-corrected chi connectivity index (χ0v) is 27.0. The predicted octanol–water partition coefficient (Wildman–Crippen LogP) is 5.95. The number of cyclic esters (lactones) is 1. The van der Waals surface area contributed by atoms with Crippen LogP contribution >= 0.6 is 0 Å². The van der Waals surface area contributed by atoms with Crippen LogP contribution in [0.1, 0.15) is 125 Å². The number of hydrogen-bond acceptors (Lipinski definition) is 7. The van der Waals surface area contributed by atoms with Crippen molar-refractivity contribution in [2.45, 2.75) is 156 Å². The van der Waals surface area contributed by atoms with Gasteiger partial charge < -0.3 is 30.3 Å². The number of carbonyl (C=O) groups excluding carboxylic acids is 1. The van der Waals surface area contributed by atoms with Gasteiger partial charge in [-0.25, -0.2) is 4.79 Å². The number of allylic oxidation sites excluding steroid dienone is 1. The Morgan fingerprint density at radius 3 is 2.24 bits per heavy atom. The first-order valence-electron chi connectivity index (χ1n) is 16.2. The number of hydrogen-bond donors (Lipinski definition) is 5. The number of aliphatic carboxylic acids is 1. The maximum atomic E-state index is 13.1. The molecule has 0 aromatic rings. The lowest BCUT2D eigenvalue weighted by Gasteiger charge is -2.30. The molecule has 9 atom stereocenters. The second-order valence-electron chi connectivity index (χ2n) is 13.1. The number of esters is 1. The molecule has 0 aromatic carbocycles. The van der Waals surface area contributed by atoms with Crippen molar-refractivity contribution in [3.05, 3.63) is 23.3 Å². The number of aliphatic hydroxyl groups excluding tert-OH is 4. The average molecular weight is 597 g/mol. The minimum absolute atomic E-state index is 0.130. The third kappa shape index (κ3) is 15.1. The first-order valence-corrected chi connectivity index (χ1v) is 16.2. The second kappa shape index (κ2) is 20.3. The quantitative estimate of drug-likeness (QED) is 0.112. The third-order valence-electron chi connectivity index (χ3n) is 9.05. The Labute approximate surface area is 254 Å². The van der Waals surface area contributed by atoms with Gasteiger partial charge in [0.25, 0.3) is 0 Å². The van der Waals surface area contributed by atoms with Crippen LogP contribution < -0.4 is 0 Å². The molecule has 1 rings (SSSR count). The summed E-state index contributed by atoms with van der Waals surface area (Å²) in [6.45, 7) is 11.7. The normalized spacial score (nSPS) is 30.7. The number of aliphatic hydroxyl groups is 4. The molecule has 8 nitrogen and oxygen atoms in total. The topological polar surface area (TPSA) is 145 Å². The van der Waals surface area contributed by atoms with Crippen LogP contribution in [0, 0.1) is 23.7 Å². The van der Waals surface area contributed by atoms with Crippen LogP contribution in [-0.4, -0.2) is 68.0 Å². The molecule has 1 aliphatic rings. The molecule has 0 fully saturated rings. The molecule has 9 unspecified atom stereocenters. The summed E-state index contributed by atoms with van der Waals surface area (Å²) in [6, 6.07) is 0. The molecule has 8 heteroatoms. The number of rotatable bonds is 11. The number of carboxylic acids is 1. The lowest BCUT2D eigenvalue weighted by atomic mass is 9.85. The van der Waals surface area contributed by atoms with Gasteiger partial charge in [0.1, 0.15) is 6.10 Å². The van der Waals surface area contributed by atoms with E-state index in [4.69, 9.17) is 9.84 Å². The van der Waals surface area contributed by atoms with Crippen molar-refractivity contribution in [1.29, 1.82) is 0 Å². The average Bonchev–Trinajstić information content (AvgIpc) is 2.93. The largest absolute Gasteiger partial charge is 0.481 e. The summed E-state index contributed by atoms with van der Waals surface area (Å²) in [7, 11) is 0. The standard InChI is InChI=1S/C34H60O8/c1-22-12-11-14-24(3)33(23(2)13-7-8-15-28(35)16-9-10-17-32(39)40)42-34(41)25(4)18-19-29(36)27(6)31(38)21-30(37)26(5)20-22/h18,20,22-24,27-31,33,35-38H,7-17,19,21H2,1-6H3,(H,39,40). The minimum Gasteiger partial charge on any atom is -0.481 e. The Bertz CT molecular complexity index is 852. The van der Waals surface area contributed by atoms with Crippen LogP contribution in [0.2, 0.25) is 0 Å². The van der Waals surface area contributed by atoms with Crippen molar-refractivity contribution >= 4 is 11.9 Å². The number of carbonyl (C=O) groups is 2. The Hall–Kier alpha value is -1.74. The maximum absolute atomic E-state index is 13.1. The zero-order valence-electron chi connectivity index (χ0n) is 27.0. The summed E-state index contributed by atoms with van der Waals surface area (Å²) in [4.78, 5) is 23.8. The molecular formula is C34H60O8. The van der Waals surface area contributed by atoms with E-state index < -0.39 is 36.3 Å². The summed E-state index contributed by atoms with van der Waals surface area (Å²) in [6.07, 6.45) is 9.03. The van der Waals surface area contributed by atoms with Crippen LogP contribution in [0.25, 0.3) is 0 Å². The molecule has 1 aliphatic heterocycles. The Balaban J connectivity index is 2.89. The van der Waals surface area contributed by atoms with Crippen molar-refractivity contribution in [1.82, 2.24) is 0 Å². The Morgan fingerprint density at radius 1 is 0.976 bits per heavy atom. The first kappa shape index (κ1) is 38.3. The van der Waals surface area contributed by atoms with Gasteiger partial charge in [0.05, 0.1) is 24.4 Å². The second-order valence-corrected chi connectivity index (χ2v) is 13.1. The maximum Gasteiger partial charge on any atom is 0.333 e. The van der Waals surface area contributed by atoms with Crippen molar-refractivity contribution < 1.29 is 39.9 Å². The fourth-order valence-electron chi connectivity index (χ4n) is 5.87. The highest BCUT2D eigenvalue weighted by Gasteiger charge is 2.29. The fraction of sp³-hybridized carbons (Fsp3) is 0.824. The van der Waals surface area contributed by atoms with Gasteiger partial charge in [-0.05, 0) is 82.1 Å². The molecule has 0 saturated carbocycles. The Morgan fingerprint density at radius 2 is 1.60 bits per heavy atom. The number of carboxylic acid groups (broad SMARTS) is 1. The van der Waals surface area contributed by atoms with E-state index in [2.05, 4.69) is 26.8 Å². The highest BCUT2D eigenvalue weighted by atomic mass is 16.5. The van der Waals surface area contributed by atoms with Gasteiger partial charge in [0, 0.05) is 24.3 Å². The van der Waals surface area contributed by atoms with Crippen molar-refractivity contribution in [2.24, 2.45) is 23.7 Å². The van der Waals surface area contributed by atoms with Gasteiger partial charge in [-0.3, -0.25) is 4.79 Å². The zero-order chi connectivity index (χ0) is 31.8. The van der Waals surface area contributed by atoms with Crippen molar-refractivity contribution in [3.63, 3.8) is 0 Å². The summed E-state index contributed by atoms with van der Waals surface area (Å²) in [5, 5.41) is 50.9. The molecule has 1 heterocycles. The van der Waals surface area contributed by atoms with E-state index >= 15 is 0 Å². The molecule has 0 aromatic heterocycles. The van der Waals surface area contributed by atoms with Gasteiger partial charge >= 0.3 is 11.9 Å². The lowest BCUT2D eigenvalue weighted by molar-refractivity contribution is -0.150. The minimum atomic E-state index is -0.877. The molecule has 0 aliphatic carbocycles. The Kier molecular flexibility index (Phi) is 18.5. The number of unbranched alkanes of at least 4 members (excludes halogenated alkanes) is 2. The van der Waals surface area contributed by atoms with Gasteiger partial charge in [-0.15, -0.1) is 0 Å². The highest BCUT2D eigenvalue weighted by molar-refractivity contribution is 5.87. The van der Waals surface area contributed by atoms with E-state index in [1.807, 2.05) is 6.92 Å². The third-order valence-corrected chi connectivity index (χ3v) is 9.05. The van der Waals surface area contributed by atoms with Crippen LogP contribution in [0.3, 0.4) is 0 Å². The molecule has 0 radical (unpaired) electrons. The molecular weight excluding hydrogens is 536 g/mol. The first-order chi connectivity index (χ1) is 19.7. The van der Waals surface area contributed by atoms with Crippen LogP contribution in [-0.2, 0) is 14.3 Å². The van der Waals surface area contributed by atoms with E-state index in [-0.39, 0.29) is 49.1 Å². The highest BCUT2D eigenvalue weighted by Crippen LogP contribution is 2.29. The monoisotopic (exact) mass is 596 g/mol. The van der Waals surface area contributed by atoms with E-state index in [0.29, 0.717) is 31.3 Å². The lowest BCUT2D eigenvalue weighted by Crippen LogP contribution is -2.33.